The van der Waals surface area contributed by atoms with Crippen molar-refractivity contribution in [3.63, 3.8) is 0 Å². The van der Waals surface area contributed by atoms with Crippen LogP contribution in [0, 0.1) is 17.2 Å². The summed E-state index contributed by atoms with van der Waals surface area (Å²) in [6.07, 6.45) is 5.34. The summed E-state index contributed by atoms with van der Waals surface area (Å²) in [6, 6.07) is 18.2. The molecule has 3 N–H and O–H groups in total. The summed E-state index contributed by atoms with van der Waals surface area (Å²) in [5, 5.41) is 13.0. The van der Waals surface area contributed by atoms with Crippen LogP contribution in [-0.4, -0.2) is 27.5 Å². The fourth-order valence-electron chi connectivity index (χ4n) is 4.23. The van der Waals surface area contributed by atoms with Gasteiger partial charge in [0, 0.05) is 34.6 Å². The molecule has 2 aromatic heterocycles. The van der Waals surface area contributed by atoms with Gasteiger partial charge in [0.2, 0.25) is 5.91 Å². The normalized spacial score (nSPS) is 11.7. The van der Waals surface area contributed by atoms with Gasteiger partial charge in [-0.3, -0.25) is 14.2 Å². The van der Waals surface area contributed by atoms with Crippen LogP contribution in [0.1, 0.15) is 25.8 Å². The molecule has 0 radical (unpaired) electrons. The van der Waals surface area contributed by atoms with Crippen LogP contribution in [0.15, 0.2) is 79.6 Å². The Balaban J connectivity index is 1.75. The van der Waals surface area contributed by atoms with Crippen molar-refractivity contribution in [2.45, 2.75) is 33.0 Å². The largest absolute Gasteiger partial charge is 0.443 e. The molecule has 0 aliphatic heterocycles. The van der Waals surface area contributed by atoms with E-state index in [-0.39, 0.29) is 18.6 Å². The number of nitrogens with zero attached hydrogens (tertiary/aromatic N) is 3. The number of anilines is 1. The van der Waals surface area contributed by atoms with E-state index < -0.39 is 12.0 Å². The Labute approximate surface area is 221 Å². The molecule has 1 amide bonds. The van der Waals surface area contributed by atoms with Gasteiger partial charge >= 0.3 is 5.97 Å². The van der Waals surface area contributed by atoms with Crippen molar-refractivity contribution < 1.29 is 14.3 Å². The number of amides is 1. The molecule has 0 saturated heterocycles. The summed E-state index contributed by atoms with van der Waals surface area (Å²) in [4.78, 5) is 28.9. The minimum absolute atomic E-state index is 0.0471. The number of benzene rings is 2. The highest BCUT2D eigenvalue weighted by Gasteiger charge is 2.19. The van der Waals surface area contributed by atoms with E-state index in [2.05, 4.69) is 18.0 Å². The Kier molecular flexibility index (Phi) is 8.00. The van der Waals surface area contributed by atoms with Crippen molar-refractivity contribution in [1.82, 2.24) is 9.55 Å². The van der Waals surface area contributed by atoms with Crippen molar-refractivity contribution in [2.24, 2.45) is 11.7 Å². The van der Waals surface area contributed by atoms with Gasteiger partial charge in [0.05, 0.1) is 11.6 Å². The quantitative estimate of drug-likeness (QED) is 0.236. The number of carbonyl (C=O) groups is 2. The Bertz CT molecular complexity index is 1550. The third-order valence-corrected chi connectivity index (χ3v) is 6.04. The number of pyridine rings is 1. The number of ether oxygens (including phenoxy) is 1. The van der Waals surface area contributed by atoms with E-state index in [4.69, 9.17) is 15.5 Å². The summed E-state index contributed by atoms with van der Waals surface area (Å²) in [6.45, 7) is 7.44. The lowest BCUT2D eigenvalue weighted by atomic mass is 10.0. The zero-order valence-electron chi connectivity index (χ0n) is 21.3. The second-order valence-corrected chi connectivity index (χ2v) is 9.40. The van der Waals surface area contributed by atoms with Crippen LogP contribution in [0.25, 0.3) is 33.3 Å². The fraction of sp³-hybridized carbons (Fsp3) is 0.200. The first-order chi connectivity index (χ1) is 18.3. The maximum atomic E-state index is 12.5. The van der Waals surface area contributed by atoms with Gasteiger partial charge in [-0.2, -0.15) is 5.26 Å². The number of carbonyl (C=O) groups excluding carboxylic acids is 2. The second kappa shape index (κ2) is 11.5. The number of aromatic nitrogens is 2. The van der Waals surface area contributed by atoms with E-state index >= 15 is 0 Å². The van der Waals surface area contributed by atoms with E-state index in [1.807, 2.05) is 62.5 Å². The first-order valence-electron chi connectivity index (χ1n) is 12.2. The van der Waals surface area contributed by atoms with Gasteiger partial charge in [-0.05, 0) is 59.9 Å². The first-order valence-corrected chi connectivity index (χ1v) is 12.2. The summed E-state index contributed by atoms with van der Waals surface area (Å²) < 4.78 is 7.29. The zero-order chi connectivity index (χ0) is 27.2. The molecule has 0 unspecified atom stereocenters. The SMILES string of the molecule is C=CC(=O)Nc1cccc(-c2cnc3c(c2)c(-c2cccc(C#N)c2)cn3COC(=O)[C@@H](N)CC(C)C)c1. The van der Waals surface area contributed by atoms with Crippen LogP contribution < -0.4 is 11.1 Å². The summed E-state index contributed by atoms with van der Waals surface area (Å²) in [5.74, 6) is -0.494. The van der Waals surface area contributed by atoms with E-state index in [0.717, 1.165) is 27.6 Å². The lowest BCUT2D eigenvalue weighted by Crippen LogP contribution is -2.33. The molecule has 8 heteroatoms. The van der Waals surface area contributed by atoms with Gasteiger partial charge in [-0.25, -0.2) is 4.98 Å². The van der Waals surface area contributed by atoms with Gasteiger partial charge in [-0.15, -0.1) is 0 Å². The maximum absolute atomic E-state index is 12.5. The van der Waals surface area contributed by atoms with Crippen molar-refractivity contribution in [2.75, 3.05) is 5.32 Å². The molecule has 0 saturated carbocycles. The topological polar surface area (TPSA) is 123 Å². The minimum atomic E-state index is -0.697. The molecular weight excluding hydrogens is 478 g/mol. The molecule has 2 aromatic carbocycles. The van der Waals surface area contributed by atoms with Gasteiger partial charge in [0.15, 0.2) is 6.73 Å². The van der Waals surface area contributed by atoms with Crippen LogP contribution in [0.2, 0.25) is 0 Å². The smallest absolute Gasteiger partial charge is 0.324 e. The van der Waals surface area contributed by atoms with Crippen LogP contribution in [0.5, 0.6) is 0 Å². The van der Waals surface area contributed by atoms with Gasteiger partial charge < -0.3 is 15.8 Å². The third-order valence-electron chi connectivity index (χ3n) is 6.04. The number of rotatable bonds is 9. The van der Waals surface area contributed by atoms with Crippen LogP contribution in [0.4, 0.5) is 5.69 Å². The molecule has 2 heterocycles. The van der Waals surface area contributed by atoms with Crippen molar-refractivity contribution >= 4 is 28.6 Å². The number of hydrogen-bond donors (Lipinski definition) is 2. The third kappa shape index (κ3) is 5.97. The summed E-state index contributed by atoms with van der Waals surface area (Å²) >= 11 is 0. The van der Waals surface area contributed by atoms with Crippen molar-refractivity contribution in [3.8, 4) is 28.3 Å². The lowest BCUT2D eigenvalue weighted by Gasteiger charge is -2.14. The Hall–Kier alpha value is -4.74. The lowest BCUT2D eigenvalue weighted by molar-refractivity contribution is -0.149. The van der Waals surface area contributed by atoms with Crippen LogP contribution in [0.3, 0.4) is 0 Å². The standard InChI is InChI=1S/C30H29N5O3/c1-4-28(36)34-24-10-6-8-21(13-24)23-14-25-26(22-9-5-7-20(12-22)15-31)17-35(29(25)33-16-23)18-38-30(37)27(32)11-19(2)3/h4-10,12-14,16-17,19,27H,1,11,18,32H2,2-3H3,(H,34,36)/t27-/m0/s1. The molecule has 0 fully saturated rings. The molecule has 0 spiro atoms. The number of nitrogens with one attached hydrogen (secondary N) is 1. The highest BCUT2D eigenvalue weighted by Crippen LogP contribution is 2.33. The van der Waals surface area contributed by atoms with Gasteiger partial charge in [0.1, 0.15) is 11.7 Å². The molecule has 8 nitrogen and oxygen atoms in total. The molecule has 192 valence electrons. The maximum Gasteiger partial charge on any atom is 0.324 e. The molecular formula is C30H29N5O3. The average Bonchev–Trinajstić information content (AvgIpc) is 3.29. The number of nitrogens with two attached hydrogens (primary N) is 1. The molecule has 0 aliphatic rings. The second-order valence-electron chi connectivity index (χ2n) is 9.40. The molecule has 4 aromatic rings. The predicted octanol–water partition coefficient (Wildman–Crippen LogP) is 5.24. The first kappa shape index (κ1) is 26.3. The average molecular weight is 508 g/mol. The Morgan fingerprint density at radius 3 is 2.66 bits per heavy atom. The molecule has 38 heavy (non-hydrogen) atoms. The van der Waals surface area contributed by atoms with Crippen molar-refractivity contribution in [1.29, 1.82) is 5.26 Å². The number of nitriles is 1. The van der Waals surface area contributed by atoms with Gasteiger partial charge in [-0.1, -0.05) is 44.7 Å². The Morgan fingerprint density at radius 2 is 1.92 bits per heavy atom. The van der Waals surface area contributed by atoms with Gasteiger partial charge in [0.25, 0.3) is 0 Å². The summed E-state index contributed by atoms with van der Waals surface area (Å²) in [7, 11) is 0. The zero-order valence-corrected chi connectivity index (χ0v) is 21.3. The Morgan fingerprint density at radius 1 is 1.16 bits per heavy atom. The highest BCUT2D eigenvalue weighted by molar-refractivity contribution is 6.00. The van der Waals surface area contributed by atoms with E-state index in [9.17, 15) is 14.9 Å². The predicted molar refractivity (Wildman–Crippen MR) is 148 cm³/mol. The number of esters is 1. The monoisotopic (exact) mass is 507 g/mol. The highest BCUT2D eigenvalue weighted by atomic mass is 16.5. The molecule has 0 aliphatic carbocycles. The van der Waals surface area contributed by atoms with E-state index in [1.165, 1.54) is 6.08 Å². The van der Waals surface area contributed by atoms with Crippen LogP contribution in [-0.2, 0) is 21.1 Å². The summed E-state index contributed by atoms with van der Waals surface area (Å²) in [5.41, 5.74) is 11.1. The molecule has 0 bridgehead atoms. The van der Waals surface area contributed by atoms with Crippen molar-refractivity contribution in [3.05, 3.63) is 85.2 Å². The fourth-order valence-corrected chi connectivity index (χ4v) is 4.23. The number of hydrogen-bond acceptors (Lipinski definition) is 6. The molecule has 4 rings (SSSR count). The van der Waals surface area contributed by atoms with E-state index in [1.54, 1.807) is 22.9 Å². The molecule has 1 atom stereocenters. The minimum Gasteiger partial charge on any atom is -0.443 e. The van der Waals surface area contributed by atoms with Crippen LogP contribution >= 0.6 is 0 Å². The van der Waals surface area contributed by atoms with E-state index in [0.29, 0.717) is 23.3 Å². The number of fused-ring (bicyclic) bond motifs is 1.